The van der Waals surface area contributed by atoms with Crippen LogP contribution in [0.4, 0.5) is 0 Å². The highest BCUT2D eigenvalue weighted by Crippen LogP contribution is 2.89. The SMILES string of the molecule is CC(=O)OC1CCC23CC24CCC2(C)C(C(C)C/C=C(\C)C(C)C)CC[C@@]2(C)C4CC[C@H]3C1(C)C. The summed E-state index contributed by atoms with van der Waals surface area (Å²) in [5.41, 5.74) is 3.76. The van der Waals surface area contributed by atoms with Crippen LogP contribution in [-0.2, 0) is 9.53 Å². The first-order chi connectivity index (χ1) is 16.3. The van der Waals surface area contributed by atoms with E-state index in [1.807, 2.05) is 0 Å². The van der Waals surface area contributed by atoms with E-state index in [9.17, 15) is 4.79 Å². The number of esters is 1. The third-order valence-corrected chi connectivity index (χ3v) is 13.8. The first-order valence-electron chi connectivity index (χ1n) is 15.1. The molecule has 5 aliphatic rings. The zero-order valence-corrected chi connectivity index (χ0v) is 24.4. The van der Waals surface area contributed by atoms with Gasteiger partial charge in [0.2, 0.25) is 0 Å². The van der Waals surface area contributed by atoms with Gasteiger partial charge < -0.3 is 4.74 Å². The minimum Gasteiger partial charge on any atom is -0.462 e. The fourth-order valence-electron chi connectivity index (χ4n) is 11.5. The second-order valence-corrected chi connectivity index (χ2v) is 15.4. The Bertz CT molecular complexity index is 899. The third-order valence-electron chi connectivity index (χ3n) is 13.8. The van der Waals surface area contributed by atoms with Gasteiger partial charge in [-0.25, -0.2) is 0 Å². The molecule has 0 aromatic heterocycles. The highest BCUT2D eigenvalue weighted by atomic mass is 16.5. The summed E-state index contributed by atoms with van der Waals surface area (Å²) in [4.78, 5) is 11.9. The van der Waals surface area contributed by atoms with Crippen molar-refractivity contribution in [2.45, 2.75) is 133 Å². The van der Waals surface area contributed by atoms with E-state index in [1.54, 1.807) is 12.5 Å². The van der Waals surface area contributed by atoms with Crippen molar-refractivity contribution in [3.8, 4) is 0 Å². The Hall–Kier alpha value is -0.790. The molecule has 5 saturated carbocycles. The van der Waals surface area contributed by atoms with Gasteiger partial charge in [-0.05, 0) is 122 Å². The van der Waals surface area contributed by atoms with Gasteiger partial charge in [-0.1, -0.05) is 60.1 Å². The zero-order chi connectivity index (χ0) is 25.6. The number of hydrogen-bond acceptors (Lipinski definition) is 2. The smallest absolute Gasteiger partial charge is 0.302 e. The molecule has 5 fully saturated rings. The molecule has 5 aliphatic carbocycles. The molecule has 2 heteroatoms. The molecule has 0 bridgehead atoms. The number of hydrogen-bond donors (Lipinski definition) is 0. The monoisotopic (exact) mass is 482 g/mol. The predicted octanol–water partition coefficient (Wildman–Crippen LogP) is 8.99. The number of carbonyl (C=O) groups is 1. The van der Waals surface area contributed by atoms with Crippen LogP contribution in [0.15, 0.2) is 11.6 Å². The molecule has 0 heterocycles. The van der Waals surface area contributed by atoms with E-state index in [-0.39, 0.29) is 17.5 Å². The van der Waals surface area contributed by atoms with Crippen LogP contribution in [0.1, 0.15) is 127 Å². The van der Waals surface area contributed by atoms with Gasteiger partial charge in [0.05, 0.1) is 0 Å². The van der Waals surface area contributed by atoms with Crippen molar-refractivity contribution in [2.75, 3.05) is 0 Å². The van der Waals surface area contributed by atoms with Gasteiger partial charge in [0, 0.05) is 12.3 Å². The lowest BCUT2D eigenvalue weighted by Gasteiger charge is -2.63. The van der Waals surface area contributed by atoms with Gasteiger partial charge in [-0.3, -0.25) is 4.79 Å². The Labute approximate surface area is 216 Å². The maximum atomic E-state index is 11.9. The molecule has 0 amide bonds. The number of rotatable bonds is 5. The van der Waals surface area contributed by atoms with E-state index in [1.165, 1.54) is 57.8 Å². The van der Waals surface area contributed by atoms with Gasteiger partial charge in [0.25, 0.3) is 0 Å². The van der Waals surface area contributed by atoms with E-state index < -0.39 is 0 Å². The van der Waals surface area contributed by atoms with Crippen LogP contribution in [0, 0.1) is 56.7 Å². The highest BCUT2D eigenvalue weighted by Gasteiger charge is 2.82. The summed E-state index contributed by atoms with van der Waals surface area (Å²) in [6.07, 6.45) is 16.3. The minimum atomic E-state index is -0.0938. The zero-order valence-electron chi connectivity index (χ0n) is 24.4. The van der Waals surface area contributed by atoms with E-state index in [0.717, 1.165) is 30.1 Å². The van der Waals surface area contributed by atoms with Crippen LogP contribution >= 0.6 is 0 Å². The normalized spacial score (nSPS) is 48.9. The molecule has 0 radical (unpaired) electrons. The average molecular weight is 483 g/mol. The number of carbonyl (C=O) groups excluding carboxylic acids is 1. The van der Waals surface area contributed by atoms with Gasteiger partial charge in [-0.15, -0.1) is 0 Å². The fraction of sp³-hybridized carbons (Fsp3) is 0.909. The van der Waals surface area contributed by atoms with E-state index in [2.05, 4.69) is 61.5 Å². The lowest BCUT2D eigenvalue weighted by molar-refractivity contribution is -0.181. The standard InChI is InChI=1S/C33H54O2/c1-21(2)22(3)10-11-23(4)25-14-16-31(9)27-13-12-26-29(6,7)28(35-24(5)34)15-17-32(26)20-33(27,32)19-18-30(25,31)8/h10,21,23,25-28H,11-20H2,1-9H3/b22-10+/t23?,25?,26-,27?,28?,30?,31-,32?,33?/m0/s1. The lowest BCUT2D eigenvalue weighted by Crippen LogP contribution is -2.58. The van der Waals surface area contributed by atoms with Gasteiger partial charge in [0.1, 0.15) is 6.10 Å². The Kier molecular flexibility index (Phi) is 5.98. The molecule has 0 aromatic carbocycles. The Balaban J connectivity index is 1.39. The predicted molar refractivity (Wildman–Crippen MR) is 145 cm³/mol. The summed E-state index contributed by atoms with van der Waals surface area (Å²) in [7, 11) is 0. The van der Waals surface area contributed by atoms with Crippen molar-refractivity contribution >= 4 is 5.97 Å². The fourth-order valence-corrected chi connectivity index (χ4v) is 11.5. The molecule has 7 unspecified atom stereocenters. The van der Waals surface area contributed by atoms with E-state index >= 15 is 0 Å². The van der Waals surface area contributed by atoms with Gasteiger partial charge in [-0.2, -0.15) is 0 Å². The topological polar surface area (TPSA) is 26.3 Å². The summed E-state index contributed by atoms with van der Waals surface area (Å²) in [5.74, 6) is 3.84. The molecule has 198 valence electrons. The van der Waals surface area contributed by atoms with Crippen LogP contribution in [-0.4, -0.2) is 12.1 Å². The second kappa shape index (κ2) is 8.10. The molecule has 5 rings (SSSR count). The van der Waals surface area contributed by atoms with Crippen molar-refractivity contribution in [3.63, 3.8) is 0 Å². The summed E-state index contributed by atoms with van der Waals surface area (Å²) < 4.78 is 5.91. The molecule has 35 heavy (non-hydrogen) atoms. The van der Waals surface area contributed by atoms with Crippen molar-refractivity contribution in [3.05, 3.63) is 11.6 Å². The quantitative estimate of drug-likeness (QED) is 0.289. The molecular weight excluding hydrogens is 428 g/mol. The van der Waals surface area contributed by atoms with Crippen molar-refractivity contribution < 1.29 is 9.53 Å². The minimum absolute atomic E-state index is 0.0938. The molecule has 0 saturated heterocycles. The molecule has 0 N–H and O–H groups in total. The second-order valence-electron chi connectivity index (χ2n) is 15.4. The molecule has 0 aliphatic heterocycles. The highest BCUT2D eigenvalue weighted by molar-refractivity contribution is 5.66. The van der Waals surface area contributed by atoms with Crippen LogP contribution in [0.3, 0.4) is 0 Å². The molecule has 2 spiro atoms. The Morgan fingerprint density at radius 2 is 1.51 bits per heavy atom. The van der Waals surface area contributed by atoms with Crippen LogP contribution in [0.2, 0.25) is 0 Å². The molecular formula is C33H54O2. The van der Waals surface area contributed by atoms with Crippen molar-refractivity contribution in [2.24, 2.45) is 56.7 Å². The van der Waals surface area contributed by atoms with Crippen molar-refractivity contribution in [1.82, 2.24) is 0 Å². The van der Waals surface area contributed by atoms with Gasteiger partial charge in [0.15, 0.2) is 0 Å². The summed E-state index contributed by atoms with van der Waals surface area (Å²) in [6.45, 7) is 21.4. The summed E-state index contributed by atoms with van der Waals surface area (Å²) in [5, 5.41) is 0. The first kappa shape index (κ1) is 25.8. The van der Waals surface area contributed by atoms with E-state index in [0.29, 0.717) is 27.6 Å². The average Bonchev–Trinajstić information content (AvgIpc) is 3.36. The molecule has 2 nitrogen and oxygen atoms in total. The van der Waals surface area contributed by atoms with Gasteiger partial charge >= 0.3 is 5.97 Å². The largest absolute Gasteiger partial charge is 0.462 e. The molecule has 0 aromatic rings. The molecule has 9 atom stereocenters. The Morgan fingerprint density at radius 3 is 2.17 bits per heavy atom. The summed E-state index contributed by atoms with van der Waals surface area (Å²) in [6, 6.07) is 0. The third kappa shape index (κ3) is 3.35. The van der Waals surface area contributed by atoms with E-state index in [4.69, 9.17) is 4.74 Å². The number of fused-ring (bicyclic) bond motifs is 2. The van der Waals surface area contributed by atoms with Crippen molar-refractivity contribution in [1.29, 1.82) is 0 Å². The van der Waals surface area contributed by atoms with Crippen LogP contribution < -0.4 is 0 Å². The van der Waals surface area contributed by atoms with Crippen LogP contribution in [0.5, 0.6) is 0 Å². The maximum absolute atomic E-state index is 11.9. The number of ether oxygens (including phenoxy) is 1. The first-order valence-corrected chi connectivity index (χ1v) is 15.1. The van der Waals surface area contributed by atoms with Crippen LogP contribution in [0.25, 0.3) is 0 Å². The number of allylic oxidation sites excluding steroid dienone is 2. The maximum Gasteiger partial charge on any atom is 0.302 e. The Morgan fingerprint density at radius 1 is 0.857 bits per heavy atom. The lowest BCUT2D eigenvalue weighted by atomic mass is 9.41. The summed E-state index contributed by atoms with van der Waals surface area (Å²) >= 11 is 0.